The molecule has 0 heterocycles. The summed E-state index contributed by atoms with van der Waals surface area (Å²) in [6.07, 6.45) is 3.85. The highest BCUT2D eigenvalue weighted by atomic mass is 16.5. The van der Waals surface area contributed by atoms with Crippen LogP contribution in [0.5, 0.6) is 0 Å². The van der Waals surface area contributed by atoms with Crippen LogP contribution in [0.2, 0.25) is 0 Å². The molecular weight excluding hydrogens is 226 g/mol. The predicted octanol–water partition coefficient (Wildman–Crippen LogP) is 2.10. The Bertz CT molecular complexity index is 329. The first-order valence-electron chi connectivity index (χ1n) is 6.90. The number of hydrogen-bond acceptors (Lipinski definition) is 3. The van der Waals surface area contributed by atoms with E-state index in [4.69, 9.17) is 4.74 Å². The second kappa shape index (κ2) is 7.52. The first kappa shape index (κ1) is 13.5. The molecule has 0 saturated heterocycles. The molecule has 3 nitrogen and oxygen atoms in total. The minimum atomic E-state index is -0.234. The fourth-order valence-corrected chi connectivity index (χ4v) is 2.36. The van der Waals surface area contributed by atoms with Gasteiger partial charge in [0.1, 0.15) is 0 Å². The lowest BCUT2D eigenvalue weighted by atomic mass is 10.2. The Morgan fingerprint density at radius 1 is 1.22 bits per heavy atom. The summed E-state index contributed by atoms with van der Waals surface area (Å²) in [7, 11) is 0. The molecule has 100 valence electrons. The zero-order valence-electron chi connectivity index (χ0n) is 10.8. The molecule has 2 atom stereocenters. The van der Waals surface area contributed by atoms with Gasteiger partial charge in [-0.3, -0.25) is 0 Å². The molecule has 1 aliphatic rings. The van der Waals surface area contributed by atoms with Gasteiger partial charge in [0.25, 0.3) is 0 Å². The third-order valence-corrected chi connectivity index (χ3v) is 3.42. The minimum absolute atomic E-state index is 0.0825. The fourth-order valence-electron chi connectivity index (χ4n) is 2.36. The van der Waals surface area contributed by atoms with E-state index in [1.807, 2.05) is 6.07 Å². The van der Waals surface area contributed by atoms with Crippen molar-refractivity contribution in [2.24, 2.45) is 0 Å². The van der Waals surface area contributed by atoms with Gasteiger partial charge in [-0.15, -0.1) is 0 Å². The van der Waals surface area contributed by atoms with Gasteiger partial charge in [0.2, 0.25) is 0 Å². The molecule has 0 aromatic heterocycles. The van der Waals surface area contributed by atoms with Crippen molar-refractivity contribution in [2.75, 3.05) is 13.2 Å². The number of ether oxygens (including phenoxy) is 1. The molecule has 0 spiro atoms. The van der Waals surface area contributed by atoms with Crippen molar-refractivity contribution in [1.29, 1.82) is 0 Å². The van der Waals surface area contributed by atoms with Crippen LogP contribution in [0.4, 0.5) is 0 Å². The molecule has 2 unspecified atom stereocenters. The molecule has 1 aromatic rings. The van der Waals surface area contributed by atoms with Crippen LogP contribution < -0.4 is 5.32 Å². The molecule has 1 saturated carbocycles. The molecular formula is C15H23NO2. The van der Waals surface area contributed by atoms with Gasteiger partial charge in [-0.1, -0.05) is 30.3 Å². The Balaban J connectivity index is 1.49. The zero-order chi connectivity index (χ0) is 12.6. The molecule has 0 amide bonds. The molecule has 1 aliphatic carbocycles. The molecule has 2 N–H and O–H groups in total. The van der Waals surface area contributed by atoms with Crippen LogP contribution >= 0.6 is 0 Å². The molecule has 3 heteroatoms. The zero-order valence-corrected chi connectivity index (χ0v) is 10.8. The van der Waals surface area contributed by atoms with Crippen molar-refractivity contribution in [3.63, 3.8) is 0 Å². The SMILES string of the molecule is OC1CCCC1OCCCNCc1ccccc1. The summed E-state index contributed by atoms with van der Waals surface area (Å²) in [6, 6.07) is 10.4. The second-order valence-electron chi connectivity index (χ2n) is 4.92. The summed E-state index contributed by atoms with van der Waals surface area (Å²) in [5, 5.41) is 13.0. The van der Waals surface area contributed by atoms with Crippen molar-refractivity contribution in [2.45, 2.75) is 44.4 Å². The quantitative estimate of drug-likeness (QED) is 0.727. The first-order valence-corrected chi connectivity index (χ1v) is 6.90. The van der Waals surface area contributed by atoms with Crippen LogP contribution in [-0.4, -0.2) is 30.5 Å². The van der Waals surface area contributed by atoms with Crippen LogP contribution in [0, 0.1) is 0 Å². The lowest BCUT2D eigenvalue weighted by Gasteiger charge is -2.15. The maximum atomic E-state index is 9.60. The summed E-state index contributed by atoms with van der Waals surface area (Å²) < 4.78 is 5.68. The van der Waals surface area contributed by atoms with Crippen molar-refractivity contribution in [3.05, 3.63) is 35.9 Å². The van der Waals surface area contributed by atoms with Gasteiger partial charge in [-0.25, -0.2) is 0 Å². The van der Waals surface area contributed by atoms with Gasteiger partial charge in [0.15, 0.2) is 0 Å². The van der Waals surface area contributed by atoms with Gasteiger partial charge in [0, 0.05) is 13.2 Å². The average molecular weight is 249 g/mol. The van der Waals surface area contributed by atoms with E-state index in [1.54, 1.807) is 0 Å². The summed E-state index contributed by atoms with van der Waals surface area (Å²) in [4.78, 5) is 0. The van der Waals surface area contributed by atoms with E-state index in [0.29, 0.717) is 0 Å². The number of aliphatic hydroxyl groups excluding tert-OH is 1. The van der Waals surface area contributed by atoms with E-state index in [2.05, 4.69) is 29.6 Å². The predicted molar refractivity (Wildman–Crippen MR) is 72.4 cm³/mol. The van der Waals surface area contributed by atoms with Gasteiger partial charge >= 0.3 is 0 Å². The maximum Gasteiger partial charge on any atom is 0.0833 e. The van der Waals surface area contributed by atoms with Crippen molar-refractivity contribution in [1.82, 2.24) is 5.32 Å². The number of aliphatic hydroxyl groups is 1. The third-order valence-electron chi connectivity index (χ3n) is 3.42. The molecule has 0 aliphatic heterocycles. The summed E-state index contributed by atoms with van der Waals surface area (Å²) in [5.41, 5.74) is 1.31. The fraction of sp³-hybridized carbons (Fsp3) is 0.600. The van der Waals surface area contributed by atoms with E-state index in [9.17, 15) is 5.11 Å². The normalized spacial score (nSPS) is 23.4. The van der Waals surface area contributed by atoms with Crippen LogP contribution in [0.1, 0.15) is 31.2 Å². The van der Waals surface area contributed by atoms with E-state index < -0.39 is 0 Å². The second-order valence-corrected chi connectivity index (χ2v) is 4.92. The molecule has 1 aromatic carbocycles. The van der Waals surface area contributed by atoms with Crippen molar-refractivity contribution >= 4 is 0 Å². The molecule has 18 heavy (non-hydrogen) atoms. The van der Waals surface area contributed by atoms with Gasteiger partial charge in [-0.2, -0.15) is 0 Å². The van der Waals surface area contributed by atoms with E-state index in [0.717, 1.165) is 45.4 Å². The van der Waals surface area contributed by atoms with E-state index >= 15 is 0 Å². The Hall–Kier alpha value is -0.900. The average Bonchev–Trinajstić information content (AvgIpc) is 2.81. The number of benzene rings is 1. The Kier molecular flexibility index (Phi) is 5.65. The summed E-state index contributed by atoms with van der Waals surface area (Å²) >= 11 is 0. The Labute approximate surface area is 109 Å². The lowest BCUT2D eigenvalue weighted by molar-refractivity contribution is -0.0191. The maximum absolute atomic E-state index is 9.60. The van der Waals surface area contributed by atoms with Crippen LogP contribution in [-0.2, 0) is 11.3 Å². The van der Waals surface area contributed by atoms with Crippen LogP contribution in [0.25, 0.3) is 0 Å². The minimum Gasteiger partial charge on any atom is -0.390 e. The highest BCUT2D eigenvalue weighted by molar-refractivity contribution is 5.14. The highest BCUT2D eigenvalue weighted by Gasteiger charge is 2.25. The van der Waals surface area contributed by atoms with Gasteiger partial charge in [-0.05, 0) is 37.8 Å². The highest BCUT2D eigenvalue weighted by Crippen LogP contribution is 2.21. The summed E-state index contributed by atoms with van der Waals surface area (Å²) in [6.45, 7) is 2.61. The smallest absolute Gasteiger partial charge is 0.0833 e. The Morgan fingerprint density at radius 3 is 2.78 bits per heavy atom. The molecule has 0 bridgehead atoms. The van der Waals surface area contributed by atoms with Crippen molar-refractivity contribution in [3.8, 4) is 0 Å². The van der Waals surface area contributed by atoms with Crippen molar-refractivity contribution < 1.29 is 9.84 Å². The van der Waals surface area contributed by atoms with Crippen LogP contribution in [0.15, 0.2) is 30.3 Å². The third kappa shape index (κ3) is 4.41. The van der Waals surface area contributed by atoms with Gasteiger partial charge < -0.3 is 15.2 Å². The van der Waals surface area contributed by atoms with E-state index in [-0.39, 0.29) is 12.2 Å². The van der Waals surface area contributed by atoms with E-state index in [1.165, 1.54) is 5.56 Å². The topological polar surface area (TPSA) is 41.5 Å². The first-order chi connectivity index (χ1) is 8.86. The largest absolute Gasteiger partial charge is 0.390 e. The number of nitrogens with one attached hydrogen (secondary N) is 1. The molecule has 1 fully saturated rings. The Morgan fingerprint density at radius 2 is 2.06 bits per heavy atom. The monoisotopic (exact) mass is 249 g/mol. The number of hydrogen-bond donors (Lipinski definition) is 2. The summed E-state index contributed by atoms with van der Waals surface area (Å²) in [5.74, 6) is 0. The molecule has 2 rings (SSSR count). The standard InChI is InChI=1S/C15H23NO2/c17-14-8-4-9-15(14)18-11-5-10-16-12-13-6-2-1-3-7-13/h1-3,6-7,14-17H,4-5,8-12H2. The number of rotatable bonds is 7. The van der Waals surface area contributed by atoms with Crippen LogP contribution in [0.3, 0.4) is 0 Å². The van der Waals surface area contributed by atoms with Gasteiger partial charge in [0.05, 0.1) is 12.2 Å². The lowest BCUT2D eigenvalue weighted by Crippen LogP contribution is -2.24. The molecule has 0 radical (unpaired) electrons.